The van der Waals surface area contributed by atoms with E-state index < -0.39 is 32.9 Å². The highest BCUT2D eigenvalue weighted by molar-refractivity contribution is 6.90. The van der Waals surface area contributed by atoms with Crippen LogP contribution in [0.3, 0.4) is 0 Å². The number of hydrogen-bond acceptors (Lipinski definition) is 2. The summed E-state index contributed by atoms with van der Waals surface area (Å²) in [6, 6.07) is 0. The van der Waals surface area contributed by atoms with Crippen LogP contribution in [-0.4, -0.2) is 54.5 Å². The Bertz CT molecular complexity index is 245. The Morgan fingerprint density at radius 1 is 0.400 bits per heavy atom. The van der Waals surface area contributed by atoms with E-state index in [1.807, 2.05) is 0 Å². The van der Waals surface area contributed by atoms with Crippen molar-refractivity contribution in [3.63, 3.8) is 0 Å². The summed E-state index contributed by atoms with van der Waals surface area (Å²) >= 11 is 0. The van der Waals surface area contributed by atoms with E-state index in [-0.39, 0.29) is 0 Å². The molecule has 0 aromatic carbocycles. The maximum absolute atomic E-state index is 2.94. The number of hydrogen-bond donors (Lipinski definition) is 0. The van der Waals surface area contributed by atoms with Crippen molar-refractivity contribution in [3.05, 3.63) is 0 Å². The smallest absolute Gasteiger partial charge is 0.112 e. The van der Waals surface area contributed by atoms with Crippen LogP contribution >= 0.6 is 0 Å². The lowest BCUT2D eigenvalue weighted by Gasteiger charge is -2.48. The van der Waals surface area contributed by atoms with Crippen LogP contribution in [0.2, 0.25) is 78.6 Å². The summed E-state index contributed by atoms with van der Waals surface area (Å²) in [6.07, 6.45) is 0. The molecule has 0 aromatic rings. The lowest BCUT2D eigenvalue weighted by Crippen LogP contribution is -2.65. The first-order valence-corrected chi connectivity index (χ1v) is 21.8. The molecule has 0 saturated heterocycles. The first-order valence-electron chi connectivity index (χ1n) is 8.03. The molecule has 0 rings (SSSR count). The maximum Gasteiger partial charge on any atom is 0.112 e. The van der Waals surface area contributed by atoms with Gasteiger partial charge in [-0.15, -0.1) is 0 Å². The van der Waals surface area contributed by atoms with E-state index in [1.165, 1.54) is 13.1 Å². The van der Waals surface area contributed by atoms with Crippen LogP contribution in [0, 0.1) is 0 Å². The molecule has 0 fully saturated rings. The first-order chi connectivity index (χ1) is 8.47. The Balaban J connectivity index is 5.10. The minimum atomic E-state index is -1.21. The second-order valence-corrected chi connectivity index (χ2v) is 30.4. The summed E-state index contributed by atoms with van der Waals surface area (Å²) in [5.74, 6) is 0. The van der Waals surface area contributed by atoms with Gasteiger partial charge in [0.25, 0.3) is 0 Å². The van der Waals surface area contributed by atoms with Gasteiger partial charge in [-0.25, -0.2) is 0 Å². The molecule has 0 bridgehead atoms. The van der Waals surface area contributed by atoms with Crippen LogP contribution < -0.4 is 0 Å². The van der Waals surface area contributed by atoms with Crippen molar-refractivity contribution in [3.8, 4) is 0 Å². The summed E-state index contributed by atoms with van der Waals surface area (Å²) in [5.41, 5.74) is 0. The molecule has 0 heterocycles. The quantitative estimate of drug-likeness (QED) is 0.602. The number of nitrogens with zero attached hydrogens (tertiary/aromatic N) is 2. The Hall–Kier alpha value is 0.788. The zero-order valence-corrected chi connectivity index (χ0v) is 20.3. The molecule has 0 saturated carbocycles. The Labute approximate surface area is 133 Å². The monoisotopic (exact) mass is 348 g/mol. The van der Waals surface area contributed by atoms with Gasteiger partial charge in [0.1, 0.15) is 32.9 Å². The average Bonchev–Trinajstić information content (AvgIpc) is 2.02. The fourth-order valence-corrected chi connectivity index (χ4v) is 22.7. The van der Waals surface area contributed by atoms with Gasteiger partial charge in [-0.1, -0.05) is 78.6 Å². The van der Waals surface area contributed by atoms with Crippen LogP contribution in [-0.2, 0) is 0 Å². The van der Waals surface area contributed by atoms with Gasteiger partial charge in [-0.3, -0.25) is 0 Å². The molecule has 0 aliphatic carbocycles. The molecule has 122 valence electrons. The van der Waals surface area contributed by atoms with E-state index >= 15 is 0 Å². The minimum absolute atomic E-state index is 1.21. The van der Waals surface area contributed by atoms with Gasteiger partial charge in [0.2, 0.25) is 0 Å². The maximum atomic E-state index is 2.94. The molecule has 0 unspecified atom stereocenters. The molecule has 0 aromatic heterocycles. The van der Waals surface area contributed by atoms with Gasteiger partial charge in [-0.2, -0.15) is 0 Å². The lowest BCUT2D eigenvalue weighted by molar-refractivity contribution is 0.515. The summed E-state index contributed by atoms with van der Waals surface area (Å²) in [4.78, 5) is 0. The molecule has 6 heteroatoms. The third kappa shape index (κ3) is 6.70. The average molecular weight is 349 g/mol. The van der Waals surface area contributed by atoms with Gasteiger partial charge in [-0.05, 0) is 13.1 Å². The lowest BCUT2D eigenvalue weighted by atomic mass is 10.7. The molecular formula is C14H40N2Si4. The normalized spacial score (nSPS) is 15.3. The van der Waals surface area contributed by atoms with Gasteiger partial charge in [0.05, 0.1) is 0 Å². The largest absolute Gasteiger partial charge is 0.345 e. The molecule has 0 aliphatic heterocycles. The van der Waals surface area contributed by atoms with Crippen molar-refractivity contribution in [2.75, 3.05) is 13.1 Å². The van der Waals surface area contributed by atoms with E-state index in [4.69, 9.17) is 0 Å². The van der Waals surface area contributed by atoms with Crippen molar-refractivity contribution in [1.82, 2.24) is 8.46 Å². The summed E-state index contributed by atoms with van der Waals surface area (Å²) in [5, 5.41) is 0. The second-order valence-electron chi connectivity index (χ2n) is 9.99. The summed E-state index contributed by atoms with van der Waals surface area (Å²) < 4.78 is 5.88. The van der Waals surface area contributed by atoms with Crippen molar-refractivity contribution in [2.45, 2.75) is 78.6 Å². The van der Waals surface area contributed by atoms with E-state index in [0.29, 0.717) is 0 Å². The highest BCUT2D eigenvalue weighted by atomic mass is 28.4. The van der Waals surface area contributed by atoms with Crippen LogP contribution in [0.25, 0.3) is 0 Å². The first kappa shape index (κ1) is 20.8. The zero-order chi connectivity index (χ0) is 16.6. The summed E-state index contributed by atoms with van der Waals surface area (Å²) in [6.45, 7) is 32.7. The predicted molar refractivity (Wildman–Crippen MR) is 107 cm³/mol. The Kier molecular flexibility index (Phi) is 6.75. The van der Waals surface area contributed by atoms with E-state index in [1.54, 1.807) is 0 Å². The molecular weight excluding hydrogens is 309 g/mol. The van der Waals surface area contributed by atoms with Crippen molar-refractivity contribution in [2.24, 2.45) is 0 Å². The molecule has 20 heavy (non-hydrogen) atoms. The van der Waals surface area contributed by atoms with Crippen molar-refractivity contribution in [1.29, 1.82) is 0 Å². The molecule has 0 radical (unpaired) electrons. The van der Waals surface area contributed by atoms with Crippen LogP contribution in [0.1, 0.15) is 0 Å². The van der Waals surface area contributed by atoms with Gasteiger partial charge >= 0.3 is 0 Å². The Morgan fingerprint density at radius 2 is 0.550 bits per heavy atom. The summed E-state index contributed by atoms with van der Waals surface area (Å²) in [7, 11) is -4.83. The zero-order valence-electron chi connectivity index (χ0n) is 16.3. The minimum Gasteiger partial charge on any atom is -0.345 e. The number of rotatable bonds is 7. The molecule has 2 nitrogen and oxygen atoms in total. The van der Waals surface area contributed by atoms with E-state index in [0.717, 1.165) is 0 Å². The second kappa shape index (κ2) is 6.50. The molecule has 0 spiro atoms. The van der Waals surface area contributed by atoms with Gasteiger partial charge in [0, 0.05) is 0 Å². The topological polar surface area (TPSA) is 6.48 Å². The van der Waals surface area contributed by atoms with Crippen molar-refractivity contribution < 1.29 is 0 Å². The highest BCUT2D eigenvalue weighted by Crippen LogP contribution is 2.23. The van der Waals surface area contributed by atoms with Gasteiger partial charge < -0.3 is 8.46 Å². The van der Waals surface area contributed by atoms with E-state index in [9.17, 15) is 0 Å². The predicted octanol–water partition coefficient (Wildman–Crippen LogP) is 4.93. The van der Waals surface area contributed by atoms with Crippen LogP contribution in [0.5, 0.6) is 0 Å². The van der Waals surface area contributed by atoms with Gasteiger partial charge in [0.15, 0.2) is 0 Å². The highest BCUT2D eigenvalue weighted by Gasteiger charge is 2.38. The van der Waals surface area contributed by atoms with Crippen LogP contribution in [0.15, 0.2) is 0 Å². The fourth-order valence-electron chi connectivity index (χ4n) is 3.55. The molecule has 0 N–H and O–H groups in total. The third-order valence-electron chi connectivity index (χ3n) is 3.79. The Morgan fingerprint density at radius 3 is 0.650 bits per heavy atom. The molecule has 0 atom stereocenters. The molecule has 0 aliphatic rings. The van der Waals surface area contributed by atoms with E-state index in [2.05, 4.69) is 87.0 Å². The van der Waals surface area contributed by atoms with Crippen LogP contribution in [0.4, 0.5) is 0 Å². The van der Waals surface area contributed by atoms with Crippen molar-refractivity contribution >= 4 is 32.9 Å². The standard InChI is InChI=1S/C14H40N2Si4/c1-17(2,3)15(18(4,5)6)13-14-16(19(7,8)9)20(10,11)12/h13-14H2,1-12H3. The molecule has 0 amide bonds. The SMILES string of the molecule is C[Si](C)(C)N(CCN([Si](C)(C)C)[Si](C)(C)C)[Si](C)(C)C. The third-order valence-corrected chi connectivity index (χ3v) is 19.2. The fraction of sp³-hybridized carbons (Fsp3) is 1.00.